The molecule has 27 heavy (non-hydrogen) atoms. The number of thioether (sulfide) groups is 1. The number of nitrogens with one attached hydrogen (secondary N) is 1. The van der Waals surface area contributed by atoms with Gasteiger partial charge in [-0.05, 0) is 43.7 Å². The molecule has 0 bridgehead atoms. The van der Waals surface area contributed by atoms with E-state index in [2.05, 4.69) is 10.3 Å². The lowest BCUT2D eigenvalue weighted by molar-refractivity contribution is -0.129. The molecule has 0 aliphatic carbocycles. The van der Waals surface area contributed by atoms with Gasteiger partial charge in [0, 0.05) is 23.7 Å². The van der Waals surface area contributed by atoms with Gasteiger partial charge in [-0.3, -0.25) is 14.5 Å². The minimum Gasteiger partial charge on any atom is -0.325 e. The van der Waals surface area contributed by atoms with Crippen molar-refractivity contribution in [1.29, 1.82) is 0 Å². The Bertz CT molecular complexity index is 886. The molecule has 5 nitrogen and oxygen atoms in total. The smallest absolute Gasteiger partial charge is 0.238 e. The maximum atomic E-state index is 12.7. The summed E-state index contributed by atoms with van der Waals surface area (Å²) in [5.41, 5.74) is 2.30. The SMILES string of the molecule is CCN1C(=O)CC(C(=O)Nc2ccc(C)c(Cl)c2)SC1=Nc1ccccc1. The van der Waals surface area contributed by atoms with Gasteiger partial charge < -0.3 is 5.32 Å². The van der Waals surface area contributed by atoms with Crippen molar-refractivity contribution in [2.24, 2.45) is 4.99 Å². The average molecular weight is 402 g/mol. The van der Waals surface area contributed by atoms with E-state index in [4.69, 9.17) is 11.6 Å². The van der Waals surface area contributed by atoms with Crippen LogP contribution >= 0.6 is 23.4 Å². The maximum absolute atomic E-state index is 12.7. The lowest BCUT2D eigenvalue weighted by Crippen LogP contribution is -2.45. The van der Waals surface area contributed by atoms with Crippen LogP contribution in [-0.4, -0.2) is 33.7 Å². The van der Waals surface area contributed by atoms with Crippen molar-refractivity contribution in [2.45, 2.75) is 25.5 Å². The number of amides is 2. The molecule has 2 aromatic carbocycles. The van der Waals surface area contributed by atoms with Crippen LogP contribution in [0.25, 0.3) is 0 Å². The van der Waals surface area contributed by atoms with E-state index in [1.54, 1.807) is 17.0 Å². The molecule has 140 valence electrons. The van der Waals surface area contributed by atoms with Crippen LogP contribution in [0, 0.1) is 6.92 Å². The van der Waals surface area contributed by atoms with Crippen LogP contribution in [0.1, 0.15) is 18.9 Å². The predicted octanol–water partition coefficient (Wildman–Crippen LogP) is 4.63. The molecule has 1 aliphatic rings. The molecule has 1 atom stereocenters. The van der Waals surface area contributed by atoms with Gasteiger partial charge in [-0.2, -0.15) is 0 Å². The minimum absolute atomic E-state index is 0.104. The third kappa shape index (κ3) is 4.70. The molecule has 1 aliphatic heterocycles. The molecule has 0 radical (unpaired) electrons. The summed E-state index contributed by atoms with van der Waals surface area (Å²) in [6, 6.07) is 14.8. The molecule has 1 heterocycles. The maximum Gasteiger partial charge on any atom is 0.238 e. The summed E-state index contributed by atoms with van der Waals surface area (Å²) >= 11 is 7.43. The Morgan fingerprint density at radius 1 is 1.30 bits per heavy atom. The zero-order valence-corrected chi connectivity index (χ0v) is 16.7. The van der Waals surface area contributed by atoms with Gasteiger partial charge in [0.1, 0.15) is 5.25 Å². The van der Waals surface area contributed by atoms with E-state index in [9.17, 15) is 9.59 Å². The molecule has 7 heteroatoms. The quantitative estimate of drug-likeness (QED) is 0.812. The molecule has 0 aromatic heterocycles. The highest BCUT2D eigenvalue weighted by Gasteiger charge is 2.35. The number of halogens is 1. The van der Waals surface area contributed by atoms with E-state index in [0.717, 1.165) is 11.3 Å². The van der Waals surface area contributed by atoms with Crippen LogP contribution in [0.15, 0.2) is 53.5 Å². The second-order valence-electron chi connectivity index (χ2n) is 6.13. The topological polar surface area (TPSA) is 61.8 Å². The summed E-state index contributed by atoms with van der Waals surface area (Å²) in [5, 5.41) is 3.44. The molecule has 1 unspecified atom stereocenters. The van der Waals surface area contributed by atoms with E-state index in [1.807, 2.05) is 50.2 Å². The first-order chi connectivity index (χ1) is 13.0. The van der Waals surface area contributed by atoms with Crippen molar-refractivity contribution < 1.29 is 9.59 Å². The van der Waals surface area contributed by atoms with Crippen LogP contribution in [0.3, 0.4) is 0 Å². The van der Waals surface area contributed by atoms with E-state index in [1.165, 1.54) is 11.8 Å². The fourth-order valence-corrected chi connectivity index (χ4v) is 4.00. The van der Waals surface area contributed by atoms with Crippen molar-refractivity contribution in [2.75, 3.05) is 11.9 Å². The van der Waals surface area contributed by atoms with E-state index < -0.39 is 5.25 Å². The van der Waals surface area contributed by atoms with E-state index in [-0.39, 0.29) is 18.2 Å². The molecule has 2 amide bonds. The first-order valence-electron chi connectivity index (χ1n) is 8.65. The molecule has 1 fully saturated rings. The summed E-state index contributed by atoms with van der Waals surface area (Å²) in [7, 11) is 0. The molecule has 3 rings (SSSR count). The second-order valence-corrected chi connectivity index (χ2v) is 7.71. The first kappa shape index (κ1) is 19.5. The van der Waals surface area contributed by atoms with Crippen molar-refractivity contribution in [3.63, 3.8) is 0 Å². The monoisotopic (exact) mass is 401 g/mol. The molecule has 2 aromatic rings. The number of rotatable bonds is 4. The largest absolute Gasteiger partial charge is 0.325 e. The van der Waals surface area contributed by atoms with Crippen LogP contribution < -0.4 is 5.32 Å². The standard InChI is InChI=1S/C20H20ClN3O2S/c1-3-24-18(25)12-17(27-20(24)23-14-7-5-4-6-8-14)19(26)22-15-10-9-13(2)16(21)11-15/h4-11,17H,3,12H2,1-2H3,(H,22,26). The van der Waals surface area contributed by atoms with Crippen molar-refractivity contribution in [3.05, 3.63) is 59.1 Å². The molecule has 1 saturated heterocycles. The van der Waals surface area contributed by atoms with Gasteiger partial charge in [0.15, 0.2) is 5.17 Å². The number of amidine groups is 1. The van der Waals surface area contributed by atoms with Crippen LogP contribution in [-0.2, 0) is 9.59 Å². The lowest BCUT2D eigenvalue weighted by atomic mass is 10.2. The van der Waals surface area contributed by atoms with Crippen LogP contribution in [0.2, 0.25) is 5.02 Å². The average Bonchev–Trinajstić information content (AvgIpc) is 2.65. The Morgan fingerprint density at radius 3 is 2.70 bits per heavy atom. The zero-order valence-electron chi connectivity index (χ0n) is 15.1. The Morgan fingerprint density at radius 2 is 2.04 bits per heavy atom. The van der Waals surface area contributed by atoms with Gasteiger partial charge in [0.25, 0.3) is 0 Å². The third-order valence-corrected chi connectivity index (χ3v) is 5.76. The molecular formula is C20H20ClN3O2S. The highest BCUT2D eigenvalue weighted by atomic mass is 35.5. The summed E-state index contributed by atoms with van der Waals surface area (Å²) in [4.78, 5) is 31.4. The van der Waals surface area contributed by atoms with Gasteiger partial charge in [0.05, 0.1) is 5.69 Å². The summed E-state index contributed by atoms with van der Waals surface area (Å²) in [5.74, 6) is -0.335. The van der Waals surface area contributed by atoms with Crippen molar-refractivity contribution >= 4 is 51.7 Å². The number of benzene rings is 2. The normalized spacial score (nSPS) is 18.6. The Hall–Kier alpha value is -2.31. The van der Waals surface area contributed by atoms with Crippen molar-refractivity contribution in [1.82, 2.24) is 4.90 Å². The number of aliphatic imine (C=N–C) groups is 1. The van der Waals surface area contributed by atoms with Gasteiger partial charge >= 0.3 is 0 Å². The Kier molecular flexibility index (Phi) is 6.19. The Balaban J connectivity index is 1.79. The first-order valence-corrected chi connectivity index (χ1v) is 9.91. The lowest BCUT2D eigenvalue weighted by Gasteiger charge is -2.30. The van der Waals surface area contributed by atoms with Gasteiger partial charge in [-0.15, -0.1) is 0 Å². The third-order valence-electron chi connectivity index (χ3n) is 4.17. The van der Waals surface area contributed by atoms with E-state index in [0.29, 0.717) is 22.4 Å². The van der Waals surface area contributed by atoms with Crippen LogP contribution in [0.4, 0.5) is 11.4 Å². The minimum atomic E-state index is -0.539. The predicted molar refractivity (Wildman–Crippen MR) is 112 cm³/mol. The number of para-hydroxylation sites is 1. The molecule has 0 saturated carbocycles. The highest BCUT2D eigenvalue weighted by molar-refractivity contribution is 8.15. The number of aryl methyl sites for hydroxylation is 1. The number of anilines is 1. The highest BCUT2D eigenvalue weighted by Crippen LogP contribution is 2.30. The van der Waals surface area contributed by atoms with Gasteiger partial charge in [0.2, 0.25) is 11.8 Å². The zero-order chi connectivity index (χ0) is 19.4. The summed E-state index contributed by atoms with van der Waals surface area (Å²) < 4.78 is 0. The fraction of sp³-hybridized carbons (Fsp3) is 0.250. The van der Waals surface area contributed by atoms with Crippen molar-refractivity contribution in [3.8, 4) is 0 Å². The fourth-order valence-electron chi connectivity index (χ4n) is 2.66. The Labute approximate surface area is 167 Å². The number of carbonyl (C=O) groups is 2. The van der Waals surface area contributed by atoms with Gasteiger partial charge in [-0.25, -0.2) is 4.99 Å². The second kappa shape index (κ2) is 8.59. The van der Waals surface area contributed by atoms with Crippen LogP contribution in [0.5, 0.6) is 0 Å². The van der Waals surface area contributed by atoms with E-state index >= 15 is 0 Å². The summed E-state index contributed by atoms with van der Waals surface area (Å²) in [6.07, 6.45) is 0.137. The number of hydrogen-bond acceptors (Lipinski definition) is 4. The van der Waals surface area contributed by atoms with Gasteiger partial charge in [-0.1, -0.05) is 47.6 Å². The molecular weight excluding hydrogens is 382 g/mol. The molecule has 1 N–H and O–H groups in total. The number of carbonyl (C=O) groups excluding carboxylic acids is 2. The summed E-state index contributed by atoms with van der Waals surface area (Å²) in [6.45, 7) is 4.31. The number of hydrogen-bond donors (Lipinski definition) is 1. The number of nitrogens with zero attached hydrogens (tertiary/aromatic N) is 2. The molecule has 0 spiro atoms.